The molecule has 1 saturated heterocycles. The van der Waals surface area contributed by atoms with E-state index < -0.39 is 0 Å². The molecule has 0 aromatic heterocycles. The van der Waals surface area contributed by atoms with Gasteiger partial charge in [0.25, 0.3) is 0 Å². The summed E-state index contributed by atoms with van der Waals surface area (Å²) in [6, 6.07) is 12.7. The van der Waals surface area contributed by atoms with Crippen molar-refractivity contribution in [3.63, 3.8) is 0 Å². The van der Waals surface area contributed by atoms with E-state index in [1.54, 1.807) is 14.2 Å². The minimum atomic E-state index is 0.174. The van der Waals surface area contributed by atoms with Crippen LogP contribution in [0.4, 0.5) is 5.69 Å². The molecule has 1 atom stereocenters. The third-order valence-electron chi connectivity index (χ3n) is 6.47. The Morgan fingerprint density at radius 2 is 1.74 bits per heavy atom. The second-order valence-electron chi connectivity index (χ2n) is 8.55. The molecule has 1 aliphatic carbocycles. The Morgan fingerprint density at radius 3 is 2.48 bits per heavy atom. The van der Waals surface area contributed by atoms with E-state index in [0.29, 0.717) is 24.8 Å². The molecule has 0 radical (unpaired) electrons. The van der Waals surface area contributed by atoms with Crippen molar-refractivity contribution >= 4 is 23.2 Å². The van der Waals surface area contributed by atoms with Crippen molar-refractivity contribution in [2.75, 3.05) is 19.5 Å². The predicted octanol–water partition coefficient (Wildman–Crippen LogP) is 5.45. The SMILES string of the molecule is COc1ccc(CC2CCC(=O)N2Cc2ccc(Cl)c(NC3CCCC3)c2)cc1OC. The minimum absolute atomic E-state index is 0.174. The van der Waals surface area contributed by atoms with Crippen molar-refractivity contribution in [2.45, 2.75) is 63.6 Å². The van der Waals surface area contributed by atoms with Crippen LogP contribution in [0.3, 0.4) is 0 Å². The molecule has 2 aliphatic rings. The van der Waals surface area contributed by atoms with Crippen LogP contribution in [0.2, 0.25) is 5.02 Å². The molecule has 2 aromatic carbocycles. The summed E-state index contributed by atoms with van der Waals surface area (Å²) in [7, 11) is 3.28. The van der Waals surface area contributed by atoms with Gasteiger partial charge in [0.1, 0.15) is 0 Å². The maximum Gasteiger partial charge on any atom is 0.223 e. The molecule has 1 N–H and O–H groups in total. The monoisotopic (exact) mass is 442 g/mol. The molecule has 1 aliphatic heterocycles. The van der Waals surface area contributed by atoms with Crippen molar-refractivity contribution in [2.24, 2.45) is 0 Å². The van der Waals surface area contributed by atoms with Crippen LogP contribution in [-0.2, 0) is 17.8 Å². The van der Waals surface area contributed by atoms with Crippen LogP contribution < -0.4 is 14.8 Å². The number of methoxy groups -OCH3 is 2. The van der Waals surface area contributed by atoms with Gasteiger partial charge in [-0.25, -0.2) is 0 Å². The van der Waals surface area contributed by atoms with Gasteiger partial charge < -0.3 is 19.7 Å². The van der Waals surface area contributed by atoms with Gasteiger partial charge in [-0.15, -0.1) is 0 Å². The van der Waals surface area contributed by atoms with Gasteiger partial charge in [-0.3, -0.25) is 4.79 Å². The first-order valence-corrected chi connectivity index (χ1v) is 11.5. The van der Waals surface area contributed by atoms with Gasteiger partial charge in [0, 0.05) is 25.0 Å². The van der Waals surface area contributed by atoms with E-state index in [4.69, 9.17) is 21.1 Å². The Hall–Kier alpha value is -2.40. The zero-order valence-corrected chi connectivity index (χ0v) is 19.1. The number of carbonyl (C=O) groups is 1. The molecule has 2 fully saturated rings. The van der Waals surface area contributed by atoms with Crippen LogP contribution in [0.1, 0.15) is 49.7 Å². The molecule has 0 spiro atoms. The molecule has 4 rings (SSSR count). The Kier molecular flexibility index (Phi) is 6.91. The first-order chi connectivity index (χ1) is 15.1. The Morgan fingerprint density at radius 1 is 1.00 bits per heavy atom. The summed E-state index contributed by atoms with van der Waals surface area (Å²) in [4.78, 5) is 14.7. The predicted molar refractivity (Wildman–Crippen MR) is 124 cm³/mol. The fraction of sp³-hybridized carbons (Fsp3) is 0.480. The van der Waals surface area contributed by atoms with Gasteiger partial charge in [0.15, 0.2) is 11.5 Å². The Bertz CT molecular complexity index is 927. The number of likely N-dealkylation sites (tertiary alicyclic amines) is 1. The van der Waals surface area contributed by atoms with Crippen molar-refractivity contribution in [1.82, 2.24) is 4.90 Å². The maximum absolute atomic E-state index is 12.7. The van der Waals surface area contributed by atoms with E-state index in [-0.39, 0.29) is 11.9 Å². The molecule has 1 heterocycles. The summed E-state index contributed by atoms with van der Waals surface area (Å²) in [5.74, 6) is 1.65. The number of amides is 1. The quantitative estimate of drug-likeness (QED) is 0.591. The zero-order chi connectivity index (χ0) is 21.8. The summed E-state index contributed by atoms with van der Waals surface area (Å²) in [6.45, 7) is 0.604. The number of benzene rings is 2. The van der Waals surface area contributed by atoms with Crippen LogP contribution in [0.25, 0.3) is 0 Å². The standard InChI is InChI=1S/C25H31ClN2O3/c1-30-23-11-8-17(15-24(23)31-2)13-20-9-12-25(29)28(20)16-18-7-10-21(26)22(14-18)27-19-5-3-4-6-19/h7-8,10-11,14-15,19-20,27H,3-6,9,12-13,16H2,1-2H3. The van der Waals surface area contributed by atoms with Gasteiger partial charge in [0.05, 0.1) is 24.9 Å². The van der Waals surface area contributed by atoms with E-state index in [1.807, 2.05) is 35.2 Å². The van der Waals surface area contributed by atoms with E-state index in [1.165, 1.54) is 25.7 Å². The minimum Gasteiger partial charge on any atom is -0.493 e. The fourth-order valence-electron chi connectivity index (χ4n) is 4.77. The first kappa shape index (κ1) is 21.8. The normalized spacial score (nSPS) is 19.1. The van der Waals surface area contributed by atoms with Gasteiger partial charge >= 0.3 is 0 Å². The highest BCUT2D eigenvalue weighted by Crippen LogP contribution is 2.32. The lowest BCUT2D eigenvalue weighted by atomic mass is 10.0. The smallest absolute Gasteiger partial charge is 0.223 e. The third-order valence-corrected chi connectivity index (χ3v) is 6.80. The van der Waals surface area contributed by atoms with Crippen LogP contribution >= 0.6 is 11.6 Å². The largest absolute Gasteiger partial charge is 0.493 e. The molecule has 31 heavy (non-hydrogen) atoms. The fourth-order valence-corrected chi connectivity index (χ4v) is 4.94. The summed E-state index contributed by atoms with van der Waals surface area (Å²) in [5.41, 5.74) is 3.23. The molecule has 1 unspecified atom stereocenters. The lowest BCUT2D eigenvalue weighted by molar-refractivity contribution is -0.129. The number of hydrogen-bond acceptors (Lipinski definition) is 4. The maximum atomic E-state index is 12.7. The molecule has 5 nitrogen and oxygen atoms in total. The van der Waals surface area contributed by atoms with E-state index in [9.17, 15) is 4.79 Å². The molecular formula is C25H31ClN2O3. The number of nitrogens with zero attached hydrogens (tertiary/aromatic N) is 1. The number of nitrogens with one attached hydrogen (secondary N) is 1. The van der Waals surface area contributed by atoms with Crippen LogP contribution in [-0.4, -0.2) is 37.1 Å². The van der Waals surface area contributed by atoms with Crippen molar-refractivity contribution in [3.05, 3.63) is 52.5 Å². The second kappa shape index (κ2) is 9.82. The summed E-state index contributed by atoms with van der Waals surface area (Å²) in [6.07, 6.45) is 7.20. The van der Waals surface area contributed by atoms with Crippen molar-refractivity contribution in [1.29, 1.82) is 0 Å². The number of anilines is 1. The molecule has 1 saturated carbocycles. The average Bonchev–Trinajstić information content (AvgIpc) is 3.41. The number of ether oxygens (including phenoxy) is 2. The third kappa shape index (κ3) is 5.09. The number of hydrogen-bond donors (Lipinski definition) is 1. The van der Waals surface area contributed by atoms with Gasteiger partial charge in [-0.2, -0.15) is 0 Å². The highest BCUT2D eigenvalue weighted by Gasteiger charge is 2.31. The highest BCUT2D eigenvalue weighted by atomic mass is 35.5. The van der Waals surface area contributed by atoms with Crippen LogP contribution in [0, 0.1) is 0 Å². The van der Waals surface area contributed by atoms with Crippen LogP contribution in [0.15, 0.2) is 36.4 Å². The highest BCUT2D eigenvalue weighted by molar-refractivity contribution is 6.33. The molecular weight excluding hydrogens is 412 g/mol. The Labute approximate surface area is 189 Å². The zero-order valence-electron chi connectivity index (χ0n) is 18.3. The molecule has 1 amide bonds. The first-order valence-electron chi connectivity index (χ1n) is 11.1. The lowest BCUT2D eigenvalue weighted by Crippen LogP contribution is -2.34. The summed E-state index contributed by atoms with van der Waals surface area (Å²) in [5, 5.41) is 4.34. The molecule has 6 heteroatoms. The summed E-state index contributed by atoms with van der Waals surface area (Å²) < 4.78 is 10.8. The lowest BCUT2D eigenvalue weighted by Gasteiger charge is -2.26. The average molecular weight is 443 g/mol. The van der Waals surface area contributed by atoms with Gasteiger partial charge in [-0.05, 0) is 61.1 Å². The number of halogens is 1. The van der Waals surface area contributed by atoms with Crippen molar-refractivity contribution < 1.29 is 14.3 Å². The van der Waals surface area contributed by atoms with Crippen LogP contribution in [0.5, 0.6) is 11.5 Å². The second-order valence-corrected chi connectivity index (χ2v) is 8.95. The molecule has 166 valence electrons. The van der Waals surface area contributed by atoms with E-state index in [2.05, 4.69) is 11.4 Å². The van der Waals surface area contributed by atoms with Gasteiger partial charge in [-0.1, -0.05) is 36.6 Å². The molecule has 2 aromatic rings. The summed E-state index contributed by atoms with van der Waals surface area (Å²) >= 11 is 6.44. The number of carbonyl (C=O) groups excluding carboxylic acids is 1. The Balaban J connectivity index is 1.47. The van der Waals surface area contributed by atoms with Gasteiger partial charge in [0.2, 0.25) is 5.91 Å². The topological polar surface area (TPSA) is 50.8 Å². The van der Waals surface area contributed by atoms with E-state index in [0.717, 1.165) is 40.4 Å². The van der Waals surface area contributed by atoms with E-state index >= 15 is 0 Å². The van der Waals surface area contributed by atoms with Crippen molar-refractivity contribution in [3.8, 4) is 11.5 Å². The molecule has 0 bridgehead atoms. The number of rotatable bonds is 8.